The highest BCUT2D eigenvalue weighted by atomic mass is 35.5. The maximum Gasteiger partial charge on any atom is 0.239 e. The van der Waals surface area contributed by atoms with Gasteiger partial charge in [-0.05, 0) is 36.2 Å². The van der Waals surface area contributed by atoms with Crippen molar-refractivity contribution in [3.8, 4) is 0 Å². The summed E-state index contributed by atoms with van der Waals surface area (Å²) in [4.78, 5) is 12.3. The Bertz CT molecular complexity index is 885. The van der Waals surface area contributed by atoms with Crippen LogP contribution in [-0.2, 0) is 21.4 Å². The minimum Gasteiger partial charge on any atom is -0.325 e. The normalized spacial score (nSPS) is 11.6. The first-order valence-corrected chi connectivity index (χ1v) is 10.0. The highest BCUT2D eigenvalue weighted by molar-refractivity contribution is 7.88. The van der Waals surface area contributed by atoms with Crippen LogP contribution >= 0.6 is 23.2 Å². The Kier molecular flexibility index (Phi) is 6.46. The maximum absolute atomic E-state index is 12.3. The van der Waals surface area contributed by atoms with E-state index in [4.69, 9.17) is 23.2 Å². The smallest absolute Gasteiger partial charge is 0.239 e. The molecule has 0 aliphatic rings. The number of sulfonamides is 1. The third-order valence-electron chi connectivity index (χ3n) is 3.57. The second kappa shape index (κ2) is 8.19. The number of anilines is 1. The number of rotatable bonds is 6. The molecule has 0 bridgehead atoms. The van der Waals surface area contributed by atoms with Crippen molar-refractivity contribution in [3.05, 3.63) is 63.6 Å². The molecule has 5 nitrogen and oxygen atoms in total. The van der Waals surface area contributed by atoms with Crippen molar-refractivity contribution in [2.24, 2.45) is 0 Å². The average molecular weight is 401 g/mol. The second-order valence-corrected chi connectivity index (χ2v) is 8.46. The molecule has 0 saturated carbocycles. The fourth-order valence-corrected chi connectivity index (χ4v) is 3.28. The Morgan fingerprint density at radius 3 is 2.48 bits per heavy atom. The SMILES string of the molecule is Cc1ccc(Cl)cc1NC(=O)CN(Cc1ccccc1Cl)S(C)(=O)=O. The molecule has 2 aromatic rings. The summed E-state index contributed by atoms with van der Waals surface area (Å²) in [5, 5.41) is 3.62. The highest BCUT2D eigenvalue weighted by Crippen LogP contribution is 2.21. The molecule has 0 spiro atoms. The van der Waals surface area contributed by atoms with Crippen LogP contribution in [0.25, 0.3) is 0 Å². The van der Waals surface area contributed by atoms with E-state index in [1.54, 1.807) is 42.5 Å². The second-order valence-electron chi connectivity index (χ2n) is 5.63. The number of nitrogens with one attached hydrogen (secondary N) is 1. The van der Waals surface area contributed by atoms with E-state index >= 15 is 0 Å². The number of carbonyl (C=O) groups excluding carboxylic acids is 1. The summed E-state index contributed by atoms with van der Waals surface area (Å²) >= 11 is 12.0. The van der Waals surface area contributed by atoms with E-state index in [0.29, 0.717) is 21.3 Å². The number of hydrogen-bond acceptors (Lipinski definition) is 3. The van der Waals surface area contributed by atoms with Gasteiger partial charge in [-0.15, -0.1) is 0 Å². The summed E-state index contributed by atoms with van der Waals surface area (Å²) in [7, 11) is -3.60. The number of amides is 1. The molecule has 0 radical (unpaired) electrons. The lowest BCUT2D eigenvalue weighted by Crippen LogP contribution is -2.37. The lowest BCUT2D eigenvalue weighted by molar-refractivity contribution is -0.116. The van der Waals surface area contributed by atoms with Crippen molar-refractivity contribution >= 4 is 44.8 Å². The number of benzene rings is 2. The fourth-order valence-electron chi connectivity index (χ4n) is 2.19. The Morgan fingerprint density at radius 2 is 1.84 bits per heavy atom. The Labute approximate surface area is 157 Å². The molecule has 0 unspecified atom stereocenters. The quantitative estimate of drug-likeness (QED) is 0.803. The molecule has 0 aliphatic heterocycles. The minimum absolute atomic E-state index is 0.0143. The van der Waals surface area contributed by atoms with Crippen LogP contribution in [0.3, 0.4) is 0 Å². The van der Waals surface area contributed by atoms with Gasteiger partial charge in [0.25, 0.3) is 0 Å². The van der Waals surface area contributed by atoms with Gasteiger partial charge in [0.2, 0.25) is 15.9 Å². The van der Waals surface area contributed by atoms with Crippen LogP contribution in [0.5, 0.6) is 0 Å². The summed E-state index contributed by atoms with van der Waals surface area (Å²) < 4.78 is 25.1. The van der Waals surface area contributed by atoms with Gasteiger partial charge in [0, 0.05) is 22.3 Å². The third-order valence-corrected chi connectivity index (χ3v) is 5.37. The first-order chi connectivity index (χ1) is 11.7. The van der Waals surface area contributed by atoms with Gasteiger partial charge >= 0.3 is 0 Å². The maximum atomic E-state index is 12.3. The first kappa shape index (κ1) is 19.7. The predicted molar refractivity (Wildman–Crippen MR) is 102 cm³/mol. The molecule has 0 aromatic heterocycles. The highest BCUT2D eigenvalue weighted by Gasteiger charge is 2.21. The minimum atomic E-state index is -3.60. The number of carbonyl (C=O) groups is 1. The van der Waals surface area contributed by atoms with Crippen molar-refractivity contribution in [1.82, 2.24) is 4.31 Å². The molecule has 8 heteroatoms. The van der Waals surface area contributed by atoms with Gasteiger partial charge in [0.05, 0.1) is 12.8 Å². The van der Waals surface area contributed by atoms with Gasteiger partial charge in [-0.2, -0.15) is 4.31 Å². The Morgan fingerprint density at radius 1 is 1.16 bits per heavy atom. The van der Waals surface area contributed by atoms with Crippen LogP contribution in [0.15, 0.2) is 42.5 Å². The lowest BCUT2D eigenvalue weighted by atomic mass is 10.2. The summed E-state index contributed by atoms with van der Waals surface area (Å²) in [6.07, 6.45) is 1.06. The molecule has 1 amide bonds. The van der Waals surface area contributed by atoms with Crippen LogP contribution < -0.4 is 5.32 Å². The Balaban J connectivity index is 2.16. The van der Waals surface area contributed by atoms with Crippen molar-refractivity contribution in [1.29, 1.82) is 0 Å². The number of nitrogens with zero attached hydrogens (tertiary/aromatic N) is 1. The fraction of sp³-hybridized carbons (Fsp3) is 0.235. The van der Waals surface area contributed by atoms with Gasteiger partial charge in [-0.3, -0.25) is 4.79 Å². The standard InChI is InChI=1S/C17H18Cl2N2O3S/c1-12-7-8-14(18)9-16(12)20-17(22)11-21(25(2,23)24)10-13-5-3-4-6-15(13)19/h3-9H,10-11H2,1-2H3,(H,20,22). The molecule has 0 fully saturated rings. The zero-order valence-corrected chi connectivity index (χ0v) is 16.1. The van der Waals surface area contributed by atoms with E-state index in [9.17, 15) is 13.2 Å². The topological polar surface area (TPSA) is 66.5 Å². The van der Waals surface area contributed by atoms with Gasteiger partial charge in [-0.25, -0.2) is 8.42 Å². The molecule has 0 aliphatic carbocycles. The van der Waals surface area contributed by atoms with Crippen molar-refractivity contribution in [2.45, 2.75) is 13.5 Å². The zero-order valence-electron chi connectivity index (χ0n) is 13.8. The molecule has 0 saturated heterocycles. The molecule has 0 heterocycles. The van der Waals surface area contributed by atoms with Crippen LogP contribution in [-0.4, -0.2) is 31.4 Å². The first-order valence-electron chi connectivity index (χ1n) is 7.41. The number of halogens is 2. The zero-order chi connectivity index (χ0) is 18.6. The molecule has 2 aromatic carbocycles. The lowest BCUT2D eigenvalue weighted by Gasteiger charge is -2.20. The third kappa shape index (κ3) is 5.71. The van der Waals surface area contributed by atoms with Crippen LogP contribution in [0.4, 0.5) is 5.69 Å². The number of hydrogen-bond donors (Lipinski definition) is 1. The van der Waals surface area contributed by atoms with Crippen LogP contribution in [0.1, 0.15) is 11.1 Å². The van der Waals surface area contributed by atoms with E-state index in [1.165, 1.54) is 0 Å². The van der Waals surface area contributed by atoms with E-state index < -0.39 is 15.9 Å². The molecule has 25 heavy (non-hydrogen) atoms. The molecule has 2 rings (SSSR count). The largest absolute Gasteiger partial charge is 0.325 e. The summed E-state index contributed by atoms with van der Waals surface area (Å²) in [6, 6.07) is 12.0. The van der Waals surface area contributed by atoms with Gasteiger partial charge in [-0.1, -0.05) is 47.5 Å². The summed E-state index contributed by atoms with van der Waals surface area (Å²) in [6.45, 7) is 1.51. The summed E-state index contributed by atoms with van der Waals surface area (Å²) in [5.74, 6) is -0.456. The molecular formula is C17H18Cl2N2O3S. The monoisotopic (exact) mass is 400 g/mol. The Hall–Kier alpha value is -1.60. The van der Waals surface area contributed by atoms with Gasteiger partial charge in [0.15, 0.2) is 0 Å². The van der Waals surface area contributed by atoms with E-state index in [-0.39, 0.29) is 13.1 Å². The van der Waals surface area contributed by atoms with E-state index in [1.807, 2.05) is 6.92 Å². The average Bonchev–Trinajstić information content (AvgIpc) is 2.51. The van der Waals surface area contributed by atoms with Crippen LogP contribution in [0, 0.1) is 6.92 Å². The molecule has 134 valence electrons. The predicted octanol–water partition coefficient (Wildman–Crippen LogP) is 3.70. The van der Waals surface area contributed by atoms with Crippen molar-refractivity contribution in [3.63, 3.8) is 0 Å². The summed E-state index contributed by atoms with van der Waals surface area (Å²) in [5.41, 5.74) is 2.00. The van der Waals surface area contributed by atoms with E-state index in [2.05, 4.69) is 5.32 Å². The number of aryl methyl sites for hydroxylation is 1. The van der Waals surface area contributed by atoms with Crippen molar-refractivity contribution < 1.29 is 13.2 Å². The van der Waals surface area contributed by atoms with Crippen molar-refractivity contribution in [2.75, 3.05) is 18.1 Å². The van der Waals surface area contributed by atoms with E-state index in [0.717, 1.165) is 16.1 Å². The van der Waals surface area contributed by atoms with Gasteiger partial charge < -0.3 is 5.32 Å². The molecular weight excluding hydrogens is 383 g/mol. The van der Waals surface area contributed by atoms with Gasteiger partial charge in [0.1, 0.15) is 0 Å². The van der Waals surface area contributed by atoms with Crippen LogP contribution in [0.2, 0.25) is 10.0 Å². The molecule has 1 N–H and O–H groups in total. The molecule has 0 atom stereocenters.